The monoisotopic (exact) mass is 339 g/mol. The summed E-state index contributed by atoms with van der Waals surface area (Å²) in [5.41, 5.74) is 1.98. The van der Waals surface area contributed by atoms with E-state index in [0.29, 0.717) is 5.75 Å². The molecule has 0 fully saturated rings. The molecule has 0 bridgehead atoms. The first-order chi connectivity index (χ1) is 12.1. The average molecular weight is 339 g/mol. The van der Waals surface area contributed by atoms with Gasteiger partial charge >= 0.3 is 0 Å². The molecule has 25 heavy (non-hydrogen) atoms. The summed E-state index contributed by atoms with van der Waals surface area (Å²) in [6.45, 7) is 1.78. The third-order valence-corrected chi connectivity index (χ3v) is 3.76. The molecule has 2 aromatic carbocycles. The van der Waals surface area contributed by atoms with Gasteiger partial charge in [-0.15, -0.1) is 0 Å². The number of hydrogen-bond acceptors (Lipinski definition) is 3. The molecule has 3 rings (SSSR count). The number of nitrogens with one attached hydrogen (secondary N) is 1. The number of hydrogen-bond donors (Lipinski definition) is 1. The quantitative estimate of drug-likeness (QED) is 0.750. The van der Waals surface area contributed by atoms with Gasteiger partial charge < -0.3 is 14.6 Å². The molecular weight excluding hydrogens is 321 g/mol. The first-order valence-corrected chi connectivity index (χ1v) is 7.88. The molecule has 3 aromatic rings. The van der Waals surface area contributed by atoms with Gasteiger partial charge in [-0.3, -0.25) is 4.79 Å². The molecular formula is C19H18FN3O2. The summed E-state index contributed by atoms with van der Waals surface area (Å²) in [5, 5.41) is 2.87. The lowest BCUT2D eigenvalue weighted by molar-refractivity contribution is -0.123. The number of aromatic nitrogens is 2. The van der Waals surface area contributed by atoms with Gasteiger partial charge in [0.1, 0.15) is 11.6 Å². The first kappa shape index (κ1) is 16.7. The van der Waals surface area contributed by atoms with Crippen LogP contribution in [-0.2, 0) is 4.79 Å². The Bertz CT molecular complexity index is 815. The van der Waals surface area contributed by atoms with E-state index >= 15 is 0 Å². The predicted octanol–water partition coefficient (Wildman–Crippen LogP) is 3.27. The average Bonchev–Trinajstić information content (AvgIpc) is 3.16. The number of imidazole rings is 1. The number of halogens is 1. The topological polar surface area (TPSA) is 56.1 Å². The van der Waals surface area contributed by atoms with Crippen molar-refractivity contribution in [1.29, 1.82) is 0 Å². The summed E-state index contributed by atoms with van der Waals surface area (Å²) < 4.78 is 20.1. The summed E-state index contributed by atoms with van der Waals surface area (Å²) in [6.07, 6.45) is 5.32. The Morgan fingerprint density at radius 2 is 1.92 bits per heavy atom. The van der Waals surface area contributed by atoms with Crippen LogP contribution >= 0.6 is 0 Å². The van der Waals surface area contributed by atoms with Crippen LogP contribution in [-0.4, -0.2) is 22.1 Å². The maximum atomic E-state index is 12.8. The number of rotatable bonds is 6. The molecule has 1 N–H and O–H groups in total. The second kappa shape index (κ2) is 7.61. The molecule has 0 saturated carbocycles. The SMILES string of the molecule is CC(NC(=O)COc1ccc(F)cc1)c1ccc(-n2ccnc2)cc1. The molecule has 1 atom stereocenters. The first-order valence-electron chi connectivity index (χ1n) is 7.88. The van der Waals surface area contributed by atoms with Crippen molar-refractivity contribution >= 4 is 5.91 Å². The molecule has 128 valence electrons. The zero-order chi connectivity index (χ0) is 17.6. The van der Waals surface area contributed by atoms with Crippen LogP contribution in [0.1, 0.15) is 18.5 Å². The van der Waals surface area contributed by atoms with E-state index in [4.69, 9.17) is 4.74 Å². The van der Waals surface area contributed by atoms with Gasteiger partial charge in [0.15, 0.2) is 6.61 Å². The Morgan fingerprint density at radius 3 is 2.56 bits per heavy atom. The van der Waals surface area contributed by atoms with Crippen LogP contribution < -0.4 is 10.1 Å². The molecule has 1 aromatic heterocycles. The zero-order valence-corrected chi connectivity index (χ0v) is 13.7. The fourth-order valence-electron chi connectivity index (χ4n) is 2.39. The van der Waals surface area contributed by atoms with E-state index in [1.807, 2.05) is 42.0 Å². The van der Waals surface area contributed by atoms with Crippen LogP contribution in [0.25, 0.3) is 5.69 Å². The molecule has 1 heterocycles. The Labute approximate surface area is 145 Å². The number of ether oxygens (including phenoxy) is 1. The molecule has 0 radical (unpaired) electrons. The number of benzene rings is 2. The molecule has 1 amide bonds. The minimum absolute atomic E-state index is 0.122. The van der Waals surface area contributed by atoms with Crippen molar-refractivity contribution in [3.8, 4) is 11.4 Å². The van der Waals surface area contributed by atoms with Gasteiger partial charge in [-0.25, -0.2) is 9.37 Å². The van der Waals surface area contributed by atoms with Crippen molar-refractivity contribution in [2.75, 3.05) is 6.61 Å². The van der Waals surface area contributed by atoms with E-state index in [1.54, 1.807) is 12.5 Å². The zero-order valence-electron chi connectivity index (χ0n) is 13.7. The number of carbonyl (C=O) groups is 1. The van der Waals surface area contributed by atoms with E-state index in [-0.39, 0.29) is 24.4 Å². The highest BCUT2D eigenvalue weighted by atomic mass is 19.1. The Kier molecular flexibility index (Phi) is 5.09. The van der Waals surface area contributed by atoms with E-state index in [0.717, 1.165) is 11.3 Å². The van der Waals surface area contributed by atoms with E-state index in [9.17, 15) is 9.18 Å². The molecule has 0 saturated heterocycles. The molecule has 1 unspecified atom stereocenters. The Morgan fingerprint density at radius 1 is 1.20 bits per heavy atom. The molecule has 0 aliphatic heterocycles. The highest BCUT2D eigenvalue weighted by Crippen LogP contribution is 2.16. The lowest BCUT2D eigenvalue weighted by Gasteiger charge is -2.15. The minimum Gasteiger partial charge on any atom is -0.484 e. The summed E-state index contributed by atoms with van der Waals surface area (Å²) in [7, 11) is 0. The third kappa shape index (κ3) is 4.44. The normalized spacial score (nSPS) is 11.8. The standard InChI is InChI=1S/C19H18FN3O2/c1-14(15-2-6-17(7-3-15)23-11-10-21-13-23)22-19(24)12-25-18-8-4-16(20)5-9-18/h2-11,13-14H,12H2,1H3,(H,22,24). The summed E-state index contributed by atoms with van der Waals surface area (Å²) in [6, 6.07) is 13.3. The second-order valence-corrected chi connectivity index (χ2v) is 5.59. The van der Waals surface area contributed by atoms with Crippen LogP contribution in [0.3, 0.4) is 0 Å². The van der Waals surface area contributed by atoms with Gasteiger partial charge in [0.25, 0.3) is 5.91 Å². The molecule has 5 nitrogen and oxygen atoms in total. The molecule has 0 aliphatic rings. The molecule has 0 aliphatic carbocycles. The largest absolute Gasteiger partial charge is 0.484 e. The third-order valence-electron chi connectivity index (χ3n) is 3.76. The maximum Gasteiger partial charge on any atom is 0.258 e. The maximum absolute atomic E-state index is 12.8. The number of nitrogens with zero attached hydrogens (tertiary/aromatic N) is 2. The number of amides is 1. The van der Waals surface area contributed by atoms with Gasteiger partial charge in [0.2, 0.25) is 0 Å². The fraction of sp³-hybridized carbons (Fsp3) is 0.158. The minimum atomic E-state index is -0.343. The van der Waals surface area contributed by atoms with Gasteiger partial charge in [-0.05, 0) is 48.9 Å². The summed E-state index contributed by atoms with van der Waals surface area (Å²) in [4.78, 5) is 16.0. The summed E-state index contributed by atoms with van der Waals surface area (Å²) in [5.74, 6) is -0.131. The van der Waals surface area contributed by atoms with Crippen molar-refractivity contribution in [2.24, 2.45) is 0 Å². The van der Waals surface area contributed by atoms with Crippen molar-refractivity contribution < 1.29 is 13.9 Å². The van der Waals surface area contributed by atoms with Crippen LogP contribution in [0.15, 0.2) is 67.3 Å². The van der Waals surface area contributed by atoms with E-state index in [2.05, 4.69) is 10.3 Å². The van der Waals surface area contributed by atoms with Gasteiger partial charge in [-0.2, -0.15) is 0 Å². The van der Waals surface area contributed by atoms with Crippen molar-refractivity contribution in [1.82, 2.24) is 14.9 Å². The van der Waals surface area contributed by atoms with Crippen molar-refractivity contribution in [2.45, 2.75) is 13.0 Å². The lowest BCUT2D eigenvalue weighted by Crippen LogP contribution is -2.31. The molecule has 6 heteroatoms. The van der Waals surface area contributed by atoms with Crippen LogP contribution in [0, 0.1) is 5.82 Å². The van der Waals surface area contributed by atoms with Crippen LogP contribution in [0.5, 0.6) is 5.75 Å². The molecule has 0 spiro atoms. The second-order valence-electron chi connectivity index (χ2n) is 5.59. The van der Waals surface area contributed by atoms with E-state index in [1.165, 1.54) is 24.3 Å². The highest BCUT2D eigenvalue weighted by Gasteiger charge is 2.10. The fourth-order valence-corrected chi connectivity index (χ4v) is 2.39. The van der Waals surface area contributed by atoms with Crippen molar-refractivity contribution in [3.63, 3.8) is 0 Å². The van der Waals surface area contributed by atoms with Crippen LogP contribution in [0.4, 0.5) is 4.39 Å². The Hall–Kier alpha value is -3.15. The smallest absolute Gasteiger partial charge is 0.258 e. The Balaban J connectivity index is 1.53. The lowest BCUT2D eigenvalue weighted by atomic mass is 10.1. The highest BCUT2D eigenvalue weighted by molar-refractivity contribution is 5.78. The summed E-state index contributed by atoms with van der Waals surface area (Å²) >= 11 is 0. The number of carbonyl (C=O) groups excluding carboxylic acids is 1. The van der Waals surface area contributed by atoms with Gasteiger partial charge in [0, 0.05) is 18.1 Å². The van der Waals surface area contributed by atoms with Gasteiger partial charge in [0.05, 0.1) is 12.4 Å². The predicted molar refractivity (Wildman–Crippen MR) is 92.0 cm³/mol. The van der Waals surface area contributed by atoms with Crippen LogP contribution in [0.2, 0.25) is 0 Å². The van der Waals surface area contributed by atoms with E-state index < -0.39 is 0 Å². The van der Waals surface area contributed by atoms with Gasteiger partial charge in [-0.1, -0.05) is 12.1 Å². The van der Waals surface area contributed by atoms with Crippen molar-refractivity contribution in [3.05, 3.63) is 78.6 Å².